The summed E-state index contributed by atoms with van der Waals surface area (Å²) in [5.41, 5.74) is 0.818. The third kappa shape index (κ3) is 5.71. The fourth-order valence-electron chi connectivity index (χ4n) is 3.44. The first-order valence-electron chi connectivity index (χ1n) is 8.36. The molecule has 0 bridgehead atoms. The molecule has 0 spiro atoms. The van der Waals surface area contributed by atoms with Gasteiger partial charge in [0, 0.05) is 10.5 Å². The summed E-state index contributed by atoms with van der Waals surface area (Å²) in [6.45, 7) is 3.08. The molecular weight excluding hydrogens is 329 g/mol. The molecule has 1 unspecified atom stereocenters. The van der Waals surface area contributed by atoms with E-state index in [-0.39, 0.29) is 5.82 Å². The van der Waals surface area contributed by atoms with Crippen LogP contribution in [0.5, 0.6) is 0 Å². The molecule has 3 heteroatoms. The Morgan fingerprint density at radius 3 is 2.76 bits per heavy atom. The van der Waals surface area contributed by atoms with Crippen LogP contribution in [0.4, 0.5) is 4.39 Å². The average Bonchev–Trinajstić information content (AvgIpc) is 2.50. The van der Waals surface area contributed by atoms with E-state index in [9.17, 15) is 4.39 Å². The largest absolute Gasteiger partial charge is 0.314 e. The lowest BCUT2D eigenvalue weighted by molar-refractivity contribution is 0.312. The van der Waals surface area contributed by atoms with Crippen LogP contribution in [0.15, 0.2) is 22.7 Å². The SMILES string of the molecule is CCNC(CCC1CCCCC1)Cc1cc(Br)ccc1F. The summed E-state index contributed by atoms with van der Waals surface area (Å²) in [7, 11) is 0. The second kappa shape index (κ2) is 8.89. The van der Waals surface area contributed by atoms with Crippen LogP contribution in [-0.4, -0.2) is 12.6 Å². The van der Waals surface area contributed by atoms with Crippen molar-refractivity contribution in [3.8, 4) is 0 Å². The molecule has 0 radical (unpaired) electrons. The van der Waals surface area contributed by atoms with Gasteiger partial charge in [-0.3, -0.25) is 0 Å². The Kier molecular flexibility index (Phi) is 7.18. The van der Waals surface area contributed by atoms with Crippen molar-refractivity contribution < 1.29 is 4.39 Å². The minimum Gasteiger partial charge on any atom is -0.314 e. The summed E-state index contributed by atoms with van der Waals surface area (Å²) in [4.78, 5) is 0. The maximum atomic E-state index is 13.9. The molecule has 1 fully saturated rings. The summed E-state index contributed by atoms with van der Waals surface area (Å²) in [6, 6.07) is 5.63. The molecule has 0 aromatic heterocycles. The van der Waals surface area contributed by atoms with Crippen LogP contribution >= 0.6 is 15.9 Å². The molecule has 1 saturated carbocycles. The Labute approximate surface area is 136 Å². The standard InChI is InChI=1S/C18H27BrFN/c1-2-21-17(10-8-14-6-4-3-5-7-14)13-15-12-16(19)9-11-18(15)20/h9,11-12,14,17,21H,2-8,10,13H2,1H3. The number of nitrogens with one attached hydrogen (secondary N) is 1. The van der Waals surface area contributed by atoms with Gasteiger partial charge < -0.3 is 5.32 Å². The van der Waals surface area contributed by atoms with Crippen LogP contribution in [0.25, 0.3) is 0 Å². The van der Waals surface area contributed by atoms with Gasteiger partial charge in [0.05, 0.1) is 0 Å². The molecule has 0 heterocycles. The first kappa shape index (κ1) is 17.0. The van der Waals surface area contributed by atoms with Crippen LogP contribution in [0.1, 0.15) is 57.4 Å². The van der Waals surface area contributed by atoms with Gasteiger partial charge in [0.2, 0.25) is 0 Å². The molecular formula is C18H27BrFN. The number of hydrogen-bond donors (Lipinski definition) is 1. The molecule has 0 aliphatic heterocycles. The molecule has 1 aromatic rings. The van der Waals surface area contributed by atoms with Gasteiger partial charge in [-0.25, -0.2) is 4.39 Å². The Balaban J connectivity index is 1.89. The van der Waals surface area contributed by atoms with Crippen molar-refractivity contribution in [2.24, 2.45) is 5.92 Å². The summed E-state index contributed by atoms with van der Waals surface area (Å²) in [5.74, 6) is 0.811. The molecule has 1 nitrogen and oxygen atoms in total. The maximum absolute atomic E-state index is 13.9. The Hall–Kier alpha value is -0.410. The number of likely N-dealkylation sites (N-methyl/N-ethyl adjacent to an activating group) is 1. The molecule has 118 valence electrons. The quantitative estimate of drug-likeness (QED) is 0.683. The van der Waals surface area contributed by atoms with E-state index >= 15 is 0 Å². The average molecular weight is 356 g/mol. The second-order valence-corrected chi connectivity index (χ2v) is 7.19. The Morgan fingerprint density at radius 1 is 1.29 bits per heavy atom. The van der Waals surface area contributed by atoms with Gasteiger partial charge in [-0.2, -0.15) is 0 Å². The summed E-state index contributed by atoms with van der Waals surface area (Å²) in [5, 5.41) is 3.54. The van der Waals surface area contributed by atoms with E-state index in [4.69, 9.17) is 0 Å². The predicted octanol–water partition coefficient (Wildman–Crippen LogP) is 5.47. The first-order chi connectivity index (χ1) is 10.2. The summed E-state index contributed by atoms with van der Waals surface area (Å²) >= 11 is 3.44. The molecule has 1 N–H and O–H groups in total. The van der Waals surface area contributed by atoms with Crippen molar-refractivity contribution >= 4 is 15.9 Å². The zero-order chi connectivity index (χ0) is 15.1. The minimum atomic E-state index is -0.0845. The van der Waals surface area contributed by atoms with E-state index in [0.29, 0.717) is 6.04 Å². The molecule has 21 heavy (non-hydrogen) atoms. The van der Waals surface area contributed by atoms with Crippen molar-refractivity contribution in [2.75, 3.05) is 6.54 Å². The van der Waals surface area contributed by atoms with Gasteiger partial charge in [-0.05, 0) is 55.5 Å². The second-order valence-electron chi connectivity index (χ2n) is 6.28. The Morgan fingerprint density at radius 2 is 2.05 bits per heavy atom. The monoisotopic (exact) mass is 355 g/mol. The van der Waals surface area contributed by atoms with E-state index in [1.807, 2.05) is 6.07 Å². The zero-order valence-electron chi connectivity index (χ0n) is 13.0. The highest BCUT2D eigenvalue weighted by Gasteiger charge is 2.17. The molecule has 1 atom stereocenters. The fraction of sp³-hybridized carbons (Fsp3) is 0.667. The van der Waals surface area contributed by atoms with E-state index < -0.39 is 0 Å². The number of hydrogen-bond acceptors (Lipinski definition) is 1. The lowest BCUT2D eigenvalue weighted by Crippen LogP contribution is -2.32. The van der Waals surface area contributed by atoms with Gasteiger partial charge in [0.1, 0.15) is 5.82 Å². The smallest absolute Gasteiger partial charge is 0.126 e. The highest BCUT2D eigenvalue weighted by molar-refractivity contribution is 9.10. The topological polar surface area (TPSA) is 12.0 Å². The summed E-state index contributed by atoms with van der Waals surface area (Å²) < 4.78 is 14.9. The first-order valence-corrected chi connectivity index (χ1v) is 9.15. The van der Waals surface area contributed by atoms with Crippen LogP contribution in [0.3, 0.4) is 0 Å². The normalized spacial score (nSPS) is 17.9. The Bertz CT molecular complexity index is 429. The van der Waals surface area contributed by atoms with Gasteiger partial charge in [0.15, 0.2) is 0 Å². The van der Waals surface area contributed by atoms with Crippen molar-refractivity contribution in [3.63, 3.8) is 0 Å². The van der Waals surface area contributed by atoms with Crippen molar-refractivity contribution in [2.45, 2.75) is 64.3 Å². The lowest BCUT2D eigenvalue weighted by Gasteiger charge is -2.25. The van der Waals surface area contributed by atoms with Gasteiger partial charge in [-0.15, -0.1) is 0 Å². The van der Waals surface area contributed by atoms with Crippen molar-refractivity contribution in [3.05, 3.63) is 34.1 Å². The molecule has 2 rings (SSSR count). The van der Waals surface area contributed by atoms with Crippen molar-refractivity contribution in [1.29, 1.82) is 0 Å². The molecule has 1 aromatic carbocycles. The highest BCUT2D eigenvalue weighted by Crippen LogP contribution is 2.28. The molecule has 0 saturated heterocycles. The summed E-state index contributed by atoms with van der Waals surface area (Å²) in [6.07, 6.45) is 10.2. The van der Waals surface area contributed by atoms with Crippen LogP contribution in [0.2, 0.25) is 0 Å². The van der Waals surface area contributed by atoms with Crippen LogP contribution < -0.4 is 5.32 Å². The molecule has 1 aliphatic rings. The van der Waals surface area contributed by atoms with E-state index in [1.54, 1.807) is 12.1 Å². The maximum Gasteiger partial charge on any atom is 0.126 e. The lowest BCUT2D eigenvalue weighted by atomic mass is 9.84. The van der Waals surface area contributed by atoms with E-state index in [0.717, 1.165) is 35.3 Å². The van der Waals surface area contributed by atoms with Gasteiger partial charge in [-0.1, -0.05) is 55.0 Å². The third-order valence-corrected chi connectivity index (χ3v) is 5.11. The van der Waals surface area contributed by atoms with Crippen molar-refractivity contribution in [1.82, 2.24) is 5.32 Å². The number of halogens is 2. The predicted molar refractivity (Wildman–Crippen MR) is 91.1 cm³/mol. The highest BCUT2D eigenvalue weighted by atomic mass is 79.9. The van der Waals surface area contributed by atoms with Gasteiger partial charge >= 0.3 is 0 Å². The van der Waals surface area contributed by atoms with Crippen LogP contribution in [0, 0.1) is 11.7 Å². The number of rotatable bonds is 7. The molecule has 0 amide bonds. The third-order valence-electron chi connectivity index (χ3n) is 4.61. The van der Waals surface area contributed by atoms with E-state index in [2.05, 4.69) is 28.2 Å². The number of benzene rings is 1. The van der Waals surface area contributed by atoms with Gasteiger partial charge in [0.25, 0.3) is 0 Å². The van der Waals surface area contributed by atoms with E-state index in [1.165, 1.54) is 38.5 Å². The zero-order valence-corrected chi connectivity index (χ0v) is 14.6. The van der Waals surface area contributed by atoms with Crippen LogP contribution in [-0.2, 0) is 6.42 Å². The molecule has 1 aliphatic carbocycles. The fourth-order valence-corrected chi connectivity index (χ4v) is 3.85. The minimum absolute atomic E-state index is 0.0845.